The first-order valence-corrected chi connectivity index (χ1v) is 7.67. The SMILES string of the molecule is CC(C)C(NS(C)(=O)=O)C(=O)N1CCNCC1. The summed E-state index contributed by atoms with van der Waals surface area (Å²) >= 11 is 0. The monoisotopic (exact) mass is 263 g/mol. The number of carbonyl (C=O) groups excluding carboxylic acids is 1. The van der Waals surface area contributed by atoms with Crippen LogP contribution in [0, 0.1) is 5.92 Å². The molecule has 1 aliphatic rings. The van der Waals surface area contributed by atoms with Crippen LogP contribution >= 0.6 is 0 Å². The number of nitrogens with one attached hydrogen (secondary N) is 2. The average Bonchev–Trinajstić information content (AvgIpc) is 2.25. The molecule has 0 aromatic carbocycles. The van der Waals surface area contributed by atoms with E-state index in [1.54, 1.807) is 4.90 Å². The molecule has 2 N–H and O–H groups in total. The number of amides is 1. The third kappa shape index (κ3) is 4.61. The molecule has 1 heterocycles. The van der Waals surface area contributed by atoms with E-state index < -0.39 is 16.1 Å². The van der Waals surface area contributed by atoms with Crippen molar-refractivity contribution in [2.75, 3.05) is 32.4 Å². The van der Waals surface area contributed by atoms with E-state index in [0.29, 0.717) is 13.1 Å². The van der Waals surface area contributed by atoms with Gasteiger partial charge in [0.2, 0.25) is 15.9 Å². The van der Waals surface area contributed by atoms with Gasteiger partial charge >= 0.3 is 0 Å². The topological polar surface area (TPSA) is 78.5 Å². The summed E-state index contributed by atoms with van der Waals surface area (Å²) < 4.78 is 24.9. The Kier molecular flexibility index (Phi) is 4.91. The van der Waals surface area contributed by atoms with Gasteiger partial charge in [0, 0.05) is 26.2 Å². The second-order valence-electron chi connectivity index (χ2n) is 4.69. The van der Waals surface area contributed by atoms with Gasteiger partial charge in [-0.25, -0.2) is 13.1 Å². The van der Waals surface area contributed by atoms with E-state index in [4.69, 9.17) is 0 Å². The standard InChI is InChI=1S/C10H21N3O3S/c1-8(2)9(12-17(3,15)16)10(14)13-6-4-11-5-7-13/h8-9,11-12H,4-7H2,1-3H3. The van der Waals surface area contributed by atoms with Gasteiger partial charge in [0.25, 0.3) is 0 Å². The van der Waals surface area contributed by atoms with Gasteiger partial charge in [-0.2, -0.15) is 0 Å². The first-order valence-electron chi connectivity index (χ1n) is 5.78. The summed E-state index contributed by atoms with van der Waals surface area (Å²) in [5.41, 5.74) is 0. The van der Waals surface area contributed by atoms with Crippen molar-refractivity contribution in [1.82, 2.24) is 14.9 Å². The predicted octanol–water partition coefficient (Wildman–Crippen LogP) is -1.01. The first kappa shape index (κ1) is 14.4. The maximum Gasteiger partial charge on any atom is 0.241 e. The van der Waals surface area contributed by atoms with E-state index in [1.165, 1.54) is 0 Å². The summed E-state index contributed by atoms with van der Waals surface area (Å²) in [6.45, 7) is 6.46. The summed E-state index contributed by atoms with van der Waals surface area (Å²) in [4.78, 5) is 13.9. The molecule has 1 fully saturated rings. The minimum atomic E-state index is -3.37. The molecule has 1 rings (SSSR count). The van der Waals surface area contributed by atoms with E-state index in [9.17, 15) is 13.2 Å². The van der Waals surface area contributed by atoms with Crippen molar-refractivity contribution in [1.29, 1.82) is 0 Å². The first-order chi connectivity index (χ1) is 7.81. The fraction of sp³-hybridized carbons (Fsp3) is 0.900. The molecule has 7 heteroatoms. The number of hydrogen-bond donors (Lipinski definition) is 2. The van der Waals surface area contributed by atoms with Gasteiger partial charge in [-0.15, -0.1) is 0 Å². The molecule has 6 nitrogen and oxygen atoms in total. The zero-order valence-corrected chi connectivity index (χ0v) is 11.4. The third-order valence-electron chi connectivity index (χ3n) is 2.70. The van der Waals surface area contributed by atoms with Crippen LogP contribution in [0.3, 0.4) is 0 Å². The van der Waals surface area contributed by atoms with Gasteiger partial charge < -0.3 is 10.2 Å². The minimum absolute atomic E-state index is 0.0629. The Morgan fingerprint density at radius 1 is 1.29 bits per heavy atom. The molecule has 0 aromatic heterocycles. The Balaban J connectivity index is 2.72. The van der Waals surface area contributed by atoms with E-state index in [-0.39, 0.29) is 11.8 Å². The van der Waals surface area contributed by atoms with Crippen LogP contribution in [0.4, 0.5) is 0 Å². The molecule has 0 saturated carbocycles. The number of nitrogens with zero attached hydrogens (tertiary/aromatic N) is 1. The molecule has 17 heavy (non-hydrogen) atoms. The number of piperazine rings is 1. The highest BCUT2D eigenvalue weighted by molar-refractivity contribution is 7.88. The fourth-order valence-corrected chi connectivity index (χ4v) is 2.62. The molecule has 0 aromatic rings. The zero-order valence-electron chi connectivity index (χ0n) is 10.6. The van der Waals surface area contributed by atoms with Crippen molar-refractivity contribution in [3.05, 3.63) is 0 Å². The molecule has 100 valence electrons. The molecule has 0 bridgehead atoms. The second kappa shape index (κ2) is 5.79. The maximum absolute atomic E-state index is 12.2. The lowest BCUT2D eigenvalue weighted by Crippen LogP contribution is -2.55. The number of hydrogen-bond acceptors (Lipinski definition) is 4. The van der Waals surface area contributed by atoms with E-state index in [1.807, 2.05) is 13.8 Å². The normalized spacial score (nSPS) is 19.4. The Morgan fingerprint density at radius 2 is 1.82 bits per heavy atom. The Bertz CT molecular complexity index is 361. The molecule has 0 spiro atoms. The van der Waals surface area contributed by atoms with Gasteiger partial charge in [0.05, 0.1) is 6.26 Å². The number of rotatable bonds is 4. The molecule has 1 amide bonds. The molecular formula is C10H21N3O3S. The molecule has 0 radical (unpaired) electrons. The van der Waals surface area contributed by atoms with E-state index in [0.717, 1.165) is 19.3 Å². The summed E-state index contributed by atoms with van der Waals surface area (Å²) in [5, 5.41) is 3.15. The van der Waals surface area contributed by atoms with Gasteiger partial charge in [-0.1, -0.05) is 13.8 Å². The predicted molar refractivity (Wildman–Crippen MR) is 66.1 cm³/mol. The average molecular weight is 263 g/mol. The smallest absolute Gasteiger partial charge is 0.241 e. The van der Waals surface area contributed by atoms with Crippen molar-refractivity contribution >= 4 is 15.9 Å². The molecule has 1 saturated heterocycles. The summed E-state index contributed by atoms with van der Waals surface area (Å²) in [7, 11) is -3.37. The molecule has 1 unspecified atom stereocenters. The lowest BCUT2D eigenvalue weighted by molar-refractivity contribution is -0.134. The molecular weight excluding hydrogens is 242 g/mol. The molecule has 0 aliphatic carbocycles. The van der Waals surface area contributed by atoms with Crippen LogP contribution in [0.25, 0.3) is 0 Å². The summed E-state index contributed by atoms with van der Waals surface area (Å²) in [6.07, 6.45) is 1.08. The highest BCUT2D eigenvalue weighted by atomic mass is 32.2. The Morgan fingerprint density at radius 3 is 2.24 bits per heavy atom. The van der Waals surface area contributed by atoms with Gasteiger partial charge in [0.1, 0.15) is 6.04 Å². The van der Waals surface area contributed by atoms with Crippen molar-refractivity contribution in [3.8, 4) is 0 Å². The highest BCUT2D eigenvalue weighted by Gasteiger charge is 2.29. The van der Waals surface area contributed by atoms with Crippen LogP contribution in [-0.2, 0) is 14.8 Å². The van der Waals surface area contributed by atoms with Crippen molar-refractivity contribution in [2.24, 2.45) is 5.92 Å². The van der Waals surface area contributed by atoms with Gasteiger partial charge in [0.15, 0.2) is 0 Å². The van der Waals surface area contributed by atoms with Gasteiger partial charge in [-0.05, 0) is 5.92 Å². The fourth-order valence-electron chi connectivity index (χ4n) is 1.78. The van der Waals surface area contributed by atoms with Crippen LogP contribution in [0.5, 0.6) is 0 Å². The van der Waals surface area contributed by atoms with Crippen LogP contribution in [-0.4, -0.2) is 57.7 Å². The minimum Gasteiger partial charge on any atom is -0.339 e. The van der Waals surface area contributed by atoms with Crippen molar-refractivity contribution in [3.63, 3.8) is 0 Å². The van der Waals surface area contributed by atoms with E-state index >= 15 is 0 Å². The van der Waals surface area contributed by atoms with Crippen molar-refractivity contribution < 1.29 is 13.2 Å². The Labute approximate surface area is 103 Å². The third-order valence-corrected chi connectivity index (χ3v) is 3.38. The highest BCUT2D eigenvalue weighted by Crippen LogP contribution is 2.08. The summed E-state index contributed by atoms with van der Waals surface area (Å²) in [5.74, 6) is -0.195. The van der Waals surface area contributed by atoms with Crippen molar-refractivity contribution in [2.45, 2.75) is 19.9 Å². The van der Waals surface area contributed by atoms with Crippen LogP contribution in [0.15, 0.2) is 0 Å². The number of sulfonamides is 1. The lowest BCUT2D eigenvalue weighted by atomic mass is 10.0. The van der Waals surface area contributed by atoms with Crippen LogP contribution in [0.2, 0.25) is 0 Å². The quantitative estimate of drug-likeness (QED) is 0.681. The summed E-state index contributed by atoms with van der Waals surface area (Å²) in [6, 6.07) is -0.664. The maximum atomic E-state index is 12.2. The largest absolute Gasteiger partial charge is 0.339 e. The van der Waals surface area contributed by atoms with Crippen LogP contribution in [0.1, 0.15) is 13.8 Å². The molecule has 1 aliphatic heterocycles. The zero-order chi connectivity index (χ0) is 13.1. The molecule has 1 atom stereocenters. The second-order valence-corrected chi connectivity index (χ2v) is 6.47. The van der Waals surface area contributed by atoms with Crippen LogP contribution < -0.4 is 10.0 Å². The van der Waals surface area contributed by atoms with E-state index in [2.05, 4.69) is 10.0 Å². The number of carbonyl (C=O) groups is 1. The Hall–Kier alpha value is -0.660. The van der Waals surface area contributed by atoms with Gasteiger partial charge in [-0.3, -0.25) is 4.79 Å². The lowest BCUT2D eigenvalue weighted by Gasteiger charge is -2.32.